The number of ether oxygens (including phenoxy) is 2. The predicted octanol–water partition coefficient (Wildman–Crippen LogP) is 1.32. The highest BCUT2D eigenvalue weighted by atomic mass is 16.5. The summed E-state index contributed by atoms with van der Waals surface area (Å²) in [5.74, 6) is -5.20. The second kappa shape index (κ2) is 10.6. The maximum atomic E-state index is 13.9. The first kappa shape index (κ1) is 30.7. The summed E-state index contributed by atoms with van der Waals surface area (Å²) in [6.45, 7) is 2.92. The van der Waals surface area contributed by atoms with Crippen LogP contribution in [-0.2, 0) is 31.9 Å². The van der Waals surface area contributed by atoms with Gasteiger partial charge < -0.3 is 40.1 Å². The average molecular weight is 635 g/mol. The summed E-state index contributed by atoms with van der Waals surface area (Å²) in [6.07, 6.45) is -5.29. The molecule has 2 aliphatic heterocycles. The van der Waals surface area contributed by atoms with Gasteiger partial charge in [-0.2, -0.15) is 0 Å². The Hall–Kier alpha value is -5.34. The Morgan fingerprint density at radius 2 is 1.24 bits per heavy atom. The zero-order valence-electron chi connectivity index (χ0n) is 24.2. The number of rotatable bonds is 5. The molecule has 2 heterocycles. The number of phenols is 4. The van der Waals surface area contributed by atoms with Crippen molar-refractivity contribution in [3.8, 4) is 34.1 Å². The Labute approximate surface area is 256 Å². The normalized spacial score (nSPS) is 20.8. The first-order valence-electron chi connectivity index (χ1n) is 14.2. The molecule has 14 heteroatoms. The van der Waals surface area contributed by atoms with E-state index in [0.717, 1.165) is 6.07 Å². The van der Waals surface area contributed by atoms with E-state index >= 15 is 0 Å². The summed E-state index contributed by atoms with van der Waals surface area (Å²) in [7, 11) is 0. The molecule has 0 amide bonds. The van der Waals surface area contributed by atoms with Crippen LogP contribution in [0.2, 0.25) is 0 Å². The van der Waals surface area contributed by atoms with E-state index in [0.29, 0.717) is 6.07 Å². The molecule has 14 nitrogen and oxygen atoms in total. The molecule has 46 heavy (non-hydrogen) atoms. The summed E-state index contributed by atoms with van der Waals surface area (Å²) >= 11 is 0. The molecule has 0 radical (unpaired) electrons. The van der Waals surface area contributed by atoms with E-state index in [1.54, 1.807) is 0 Å². The van der Waals surface area contributed by atoms with E-state index in [9.17, 15) is 59.4 Å². The van der Waals surface area contributed by atoms with Crippen LogP contribution < -0.4 is 21.7 Å². The lowest BCUT2D eigenvalue weighted by molar-refractivity contribution is -0.143. The fourth-order valence-electron chi connectivity index (χ4n) is 6.89. The van der Waals surface area contributed by atoms with Gasteiger partial charge in [0.25, 0.3) is 0 Å². The minimum Gasteiger partial charge on any atom is -0.507 e. The molecular weight excluding hydrogens is 608 g/mol. The maximum Gasteiger partial charge on any atom is 0.305 e. The van der Waals surface area contributed by atoms with Gasteiger partial charge in [0.2, 0.25) is 0 Å². The van der Waals surface area contributed by atoms with Gasteiger partial charge in [-0.1, -0.05) is 0 Å². The van der Waals surface area contributed by atoms with Crippen LogP contribution in [0.4, 0.5) is 0 Å². The Kier molecular flexibility index (Phi) is 7.09. The van der Waals surface area contributed by atoms with Gasteiger partial charge in [0.1, 0.15) is 23.0 Å². The molecule has 4 atom stereocenters. The van der Waals surface area contributed by atoms with E-state index in [-0.39, 0.29) is 35.1 Å². The van der Waals surface area contributed by atoms with E-state index in [1.165, 1.54) is 13.8 Å². The van der Waals surface area contributed by atoms with Gasteiger partial charge in [-0.15, -0.1) is 0 Å². The number of carboxylic acids is 2. The van der Waals surface area contributed by atoms with Gasteiger partial charge in [-0.25, -0.2) is 0 Å². The first-order valence-corrected chi connectivity index (χ1v) is 14.2. The molecule has 2 aliphatic carbocycles. The number of hydrogen-bond acceptors (Lipinski definition) is 12. The molecule has 4 aliphatic rings. The van der Waals surface area contributed by atoms with Gasteiger partial charge in [-0.05, 0) is 26.0 Å². The third kappa shape index (κ3) is 4.48. The van der Waals surface area contributed by atoms with Gasteiger partial charge in [0.05, 0.1) is 58.5 Å². The molecule has 0 saturated carbocycles. The maximum absolute atomic E-state index is 13.9. The molecule has 2 aromatic carbocycles. The number of aromatic hydroxyl groups is 4. The Morgan fingerprint density at radius 1 is 0.674 bits per heavy atom. The smallest absolute Gasteiger partial charge is 0.305 e. The quantitative estimate of drug-likeness (QED) is 0.170. The number of benzene rings is 2. The van der Waals surface area contributed by atoms with Crippen molar-refractivity contribution in [3.63, 3.8) is 0 Å². The number of carbonyl (C=O) groups is 2. The van der Waals surface area contributed by atoms with E-state index < -0.39 is 126 Å². The van der Waals surface area contributed by atoms with Gasteiger partial charge in [0.15, 0.2) is 21.7 Å². The molecule has 0 fully saturated rings. The number of aliphatic carboxylic acids is 2. The van der Waals surface area contributed by atoms with Crippen LogP contribution in [0.5, 0.6) is 23.0 Å². The van der Waals surface area contributed by atoms with Gasteiger partial charge >= 0.3 is 11.9 Å². The van der Waals surface area contributed by atoms with Crippen molar-refractivity contribution >= 4 is 22.7 Å². The molecule has 0 bridgehead atoms. The van der Waals surface area contributed by atoms with Crippen molar-refractivity contribution in [2.24, 2.45) is 0 Å². The summed E-state index contributed by atoms with van der Waals surface area (Å²) in [5, 5.41) is 60.9. The van der Waals surface area contributed by atoms with Crippen LogP contribution in [-0.4, -0.2) is 54.8 Å². The summed E-state index contributed by atoms with van der Waals surface area (Å²) < 4.78 is 11.3. The topological polar surface area (TPSA) is 242 Å². The third-order valence-electron chi connectivity index (χ3n) is 8.72. The Bertz CT molecular complexity index is 2300. The predicted molar refractivity (Wildman–Crippen MR) is 157 cm³/mol. The second-order valence-electron chi connectivity index (χ2n) is 11.6. The lowest BCUT2D eigenvalue weighted by atomic mass is 9.86. The second-order valence-corrected chi connectivity index (χ2v) is 11.6. The van der Waals surface area contributed by atoms with Crippen LogP contribution >= 0.6 is 0 Å². The lowest BCUT2D eigenvalue weighted by Crippen LogP contribution is -2.40. The van der Waals surface area contributed by atoms with Crippen molar-refractivity contribution in [2.45, 2.75) is 63.9 Å². The summed E-state index contributed by atoms with van der Waals surface area (Å²) in [5.41, 5.74) is -5.43. The highest BCUT2D eigenvalue weighted by Crippen LogP contribution is 2.53. The number of fused-ring (bicyclic) bond motifs is 3. The molecule has 0 aromatic heterocycles. The molecule has 0 saturated heterocycles. The van der Waals surface area contributed by atoms with Crippen molar-refractivity contribution in [1.82, 2.24) is 0 Å². The van der Waals surface area contributed by atoms with Crippen LogP contribution in [0.1, 0.15) is 61.2 Å². The molecule has 6 N–H and O–H groups in total. The fraction of sp³-hybridized carbons (Fsp3) is 0.312. The largest absolute Gasteiger partial charge is 0.507 e. The Morgan fingerprint density at radius 3 is 1.83 bits per heavy atom. The van der Waals surface area contributed by atoms with E-state index in [4.69, 9.17) is 9.47 Å². The molecule has 0 spiro atoms. The molecule has 238 valence electrons. The van der Waals surface area contributed by atoms with Crippen LogP contribution in [0.25, 0.3) is 21.9 Å². The van der Waals surface area contributed by atoms with Crippen molar-refractivity contribution in [3.05, 3.63) is 85.7 Å². The van der Waals surface area contributed by atoms with Gasteiger partial charge in [-0.3, -0.25) is 28.8 Å². The average Bonchev–Trinajstić information content (AvgIpc) is 2.95. The fourth-order valence-corrected chi connectivity index (χ4v) is 6.89. The van der Waals surface area contributed by atoms with Crippen LogP contribution in [0, 0.1) is 10.4 Å². The van der Waals surface area contributed by atoms with E-state index in [2.05, 4.69) is 0 Å². The zero-order chi connectivity index (χ0) is 33.5. The van der Waals surface area contributed by atoms with Crippen molar-refractivity contribution in [2.75, 3.05) is 0 Å². The Balaban J connectivity index is 1.63. The van der Waals surface area contributed by atoms with E-state index in [1.807, 2.05) is 0 Å². The standard InChI is InChI=1S/C32H26O14/c1-9-21-15(3-11(45-9)5-19(35)36)29(41)25-23(31(21)43)17(33)7-13(27(25)39)14-8-18(34)24-26(28(14)40)30(42)16-4-12(6-20(37)38)46-10(2)22(16)32(24)44/h7-12,33,39,41,43H,3-6H2,1-2H3,(H,35,36)(H,37,38)/t9-,10-,11+,12+/m1/s1. The highest BCUT2D eigenvalue weighted by Gasteiger charge is 2.36. The number of carboxylic acid groups (broad SMARTS) is 2. The van der Waals surface area contributed by atoms with Crippen molar-refractivity contribution < 1.29 is 49.7 Å². The summed E-state index contributed by atoms with van der Waals surface area (Å²) in [6, 6.07) is 1.57. The van der Waals surface area contributed by atoms with Crippen LogP contribution in [0.15, 0.2) is 31.3 Å². The number of phenolic OH excluding ortho intramolecular Hbond substituents is 4. The minimum atomic E-state index is -1.22. The molecule has 2 aromatic rings. The molecule has 6 rings (SSSR count). The molecular formula is C32H26O14. The SMILES string of the molecule is C[C@H]1O[C@H](CC(=O)O)Cc2c1c(O)c1c(O)cc(-c3cc(=O)c4c(=O)c5c(c(=O)c=4c3=O)C[C@@H](CC(=O)O)O[C@@H]5C)c(O)c1c2O. The minimum absolute atomic E-state index is 0.0314. The van der Waals surface area contributed by atoms with Gasteiger partial charge in [0, 0.05) is 46.2 Å². The van der Waals surface area contributed by atoms with Crippen LogP contribution in [0.3, 0.4) is 0 Å². The first-order chi connectivity index (χ1) is 21.6. The third-order valence-corrected chi connectivity index (χ3v) is 8.72. The number of hydrogen-bond donors (Lipinski definition) is 6. The lowest BCUT2D eigenvalue weighted by Gasteiger charge is -2.31. The monoisotopic (exact) mass is 634 g/mol. The zero-order valence-corrected chi connectivity index (χ0v) is 24.2. The van der Waals surface area contributed by atoms with Crippen molar-refractivity contribution in [1.29, 1.82) is 0 Å². The highest BCUT2D eigenvalue weighted by molar-refractivity contribution is 6.07. The molecule has 0 unspecified atom stereocenters. The summed E-state index contributed by atoms with van der Waals surface area (Å²) in [4.78, 5) is 77.0.